The van der Waals surface area contributed by atoms with Crippen molar-refractivity contribution in [2.75, 3.05) is 0 Å². The van der Waals surface area contributed by atoms with Crippen molar-refractivity contribution >= 4 is 11.7 Å². The molecule has 19 heavy (non-hydrogen) atoms. The lowest BCUT2D eigenvalue weighted by Gasteiger charge is -2.17. The molecule has 0 unspecified atom stereocenters. The average Bonchev–Trinajstić information content (AvgIpc) is 2.88. The number of nitrogens with zero attached hydrogens (tertiary/aromatic N) is 2. The standard InChI is InChI=1S/C13H15N3O3/c14-13(17)16(18)12-7-6-11(8-12)15-19-9-10-4-2-1-3-5-10/h1-7,12,18H,8-9H2,(H2,14,17)/b15-11+/t12-/m1/s1. The van der Waals surface area contributed by atoms with E-state index in [9.17, 15) is 10.0 Å². The van der Waals surface area contributed by atoms with Gasteiger partial charge in [-0.1, -0.05) is 41.6 Å². The van der Waals surface area contributed by atoms with Crippen molar-refractivity contribution in [1.29, 1.82) is 0 Å². The molecule has 6 heteroatoms. The highest BCUT2D eigenvalue weighted by Gasteiger charge is 2.23. The molecule has 0 saturated carbocycles. The van der Waals surface area contributed by atoms with E-state index < -0.39 is 12.1 Å². The fourth-order valence-electron chi connectivity index (χ4n) is 1.74. The van der Waals surface area contributed by atoms with Gasteiger partial charge in [0.15, 0.2) is 0 Å². The van der Waals surface area contributed by atoms with E-state index in [-0.39, 0.29) is 0 Å². The van der Waals surface area contributed by atoms with Crippen LogP contribution in [0.25, 0.3) is 0 Å². The maximum Gasteiger partial charge on any atom is 0.339 e. The molecule has 0 aliphatic heterocycles. The number of hydrogen-bond acceptors (Lipinski definition) is 4. The monoisotopic (exact) mass is 261 g/mol. The second kappa shape index (κ2) is 6.01. The number of hydrogen-bond donors (Lipinski definition) is 2. The summed E-state index contributed by atoms with van der Waals surface area (Å²) in [5.74, 6) is 0. The first-order valence-electron chi connectivity index (χ1n) is 5.85. The molecule has 0 aromatic heterocycles. The summed E-state index contributed by atoms with van der Waals surface area (Å²) in [6, 6.07) is 8.30. The van der Waals surface area contributed by atoms with E-state index in [2.05, 4.69) is 5.16 Å². The number of allylic oxidation sites excluding steroid dienone is 1. The number of nitrogens with two attached hydrogens (primary N) is 1. The zero-order valence-electron chi connectivity index (χ0n) is 10.3. The number of oxime groups is 1. The quantitative estimate of drug-likeness (QED) is 0.638. The van der Waals surface area contributed by atoms with Gasteiger partial charge in [0, 0.05) is 6.42 Å². The molecule has 3 N–H and O–H groups in total. The molecule has 6 nitrogen and oxygen atoms in total. The lowest BCUT2D eigenvalue weighted by molar-refractivity contribution is -0.0583. The van der Waals surface area contributed by atoms with Crippen LogP contribution in [-0.2, 0) is 11.4 Å². The molecular formula is C13H15N3O3. The molecule has 0 spiro atoms. The highest BCUT2D eigenvalue weighted by Crippen LogP contribution is 2.13. The fourth-order valence-corrected chi connectivity index (χ4v) is 1.74. The summed E-state index contributed by atoms with van der Waals surface area (Å²) >= 11 is 0. The van der Waals surface area contributed by atoms with E-state index in [1.54, 1.807) is 12.2 Å². The molecule has 100 valence electrons. The van der Waals surface area contributed by atoms with E-state index in [1.165, 1.54) is 0 Å². The number of amides is 2. The van der Waals surface area contributed by atoms with Gasteiger partial charge in [0.2, 0.25) is 0 Å². The Morgan fingerprint density at radius 1 is 1.47 bits per heavy atom. The van der Waals surface area contributed by atoms with Gasteiger partial charge in [0.05, 0.1) is 11.8 Å². The first-order chi connectivity index (χ1) is 9.16. The number of urea groups is 1. The van der Waals surface area contributed by atoms with Gasteiger partial charge in [-0.25, -0.2) is 4.79 Å². The third-order valence-electron chi connectivity index (χ3n) is 2.72. The SMILES string of the molecule is NC(=O)N(O)[C@@H]1C=C/C(=N\OCc2ccccc2)C1. The van der Waals surface area contributed by atoms with Gasteiger partial charge < -0.3 is 10.6 Å². The first-order valence-corrected chi connectivity index (χ1v) is 5.85. The summed E-state index contributed by atoms with van der Waals surface area (Å²) < 4.78 is 0. The maximum atomic E-state index is 10.8. The molecule has 2 rings (SSSR count). The van der Waals surface area contributed by atoms with Crippen LogP contribution in [0.4, 0.5) is 4.79 Å². The summed E-state index contributed by atoms with van der Waals surface area (Å²) in [7, 11) is 0. The van der Waals surface area contributed by atoms with E-state index in [1.807, 2.05) is 30.3 Å². The van der Waals surface area contributed by atoms with Gasteiger partial charge in [-0.15, -0.1) is 0 Å². The van der Waals surface area contributed by atoms with Crippen molar-refractivity contribution in [2.24, 2.45) is 10.9 Å². The predicted molar refractivity (Wildman–Crippen MR) is 69.4 cm³/mol. The van der Waals surface area contributed by atoms with Gasteiger partial charge in [-0.05, 0) is 11.6 Å². The lowest BCUT2D eigenvalue weighted by atomic mass is 10.2. The van der Waals surface area contributed by atoms with Crippen molar-refractivity contribution in [2.45, 2.75) is 19.1 Å². The van der Waals surface area contributed by atoms with E-state index in [4.69, 9.17) is 10.6 Å². The minimum Gasteiger partial charge on any atom is -0.391 e. The molecule has 1 aliphatic carbocycles. The Bertz CT molecular complexity index is 499. The zero-order chi connectivity index (χ0) is 13.7. The van der Waals surface area contributed by atoms with Crippen LogP contribution in [0.5, 0.6) is 0 Å². The first kappa shape index (κ1) is 13.1. The van der Waals surface area contributed by atoms with Crippen molar-refractivity contribution < 1.29 is 14.8 Å². The van der Waals surface area contributed by atoms with E-state index >= 15 is 0 Å². The summed E-state index contributed by atoms with van der Waals surface area (Å²) in [4.78, 5) is 16.0. The largest absolute Gasteiger partial charge is 0.391 e. The Labute approximate surface area is 110 Å². The molecule has 1 aliphatic rings. The Morgan fingerprint density at radius 3 is 2.89 bits per heavy atom. The Hall–Kier alpha value is -2.34. The van der Waals surface area contributed by atoms with Gasteiger partial charge >= 0.3 is 6.03 Å². The normalized spacial score (nSPS) is 19.6. The zero-order valence-corrected chi connectivity index (χ0v) is 10.3. The van der Waals surface area contributed by atoms with Crippen molar-refractivity contribution in [3.05, 3.63) is 48.0 Å². The highest BCUT2D eigenvalue weighted by molar-refractivity contribution is 5.97. The van der Waals surface area contributed by atoms with Crippen LogP contribution in [0.1, 0.15) is 12.0 Å². The van der Waals surface area contributed by atoms with Crippen molar-refractivity contribution in [3.8, 4) is 0 Å². The van der Waals surface area contributed by atoms with Crippen molar-refractivity contribution in [1.82, 2.24) is 5.06 Å². The summed E-state index contributed by atoms with van der Waals surface area (Å²) in [6.07, 6.45) is 3.73. The van der Waals surface area contributed by atoms with Crippen LogP contribution >= 0.6 is 0 Å². The molecule has 0 fully saturated rings. The van der Waals surface area contributed by atoms with Gasteiger partial charge in [-0.2, -0.15) is 5.06 Å². The van der Waals surface area contributed by atoms with Crippen LogP contribution in [0.15, 0.2) is 47.6 Å². The Kier molecular flexibility index (Phi) is 4.15. The summed E-state index contributed by atoms with van der Waals surface area (Å²) in [6.45, 7) is 0.376. The molecule has 0 bridgehead atoms. The fraction of sp³-hybridized carbons (Fsp3) is 0.231. The number of carbonyl (C=O) groups is 1. The van der Waals surface area contributed by atoms with Gasteiger partial charge in [-0.3, -0.25) is 5.21 Å². The molecule has 0 heterocycles. The molecule has 1 aromatic rings. The van der Waals surface area contributed by atoms with Crippen LogP contribution in [0.2, 0.25) is 0 Å². The topological polar surface area (TPSA) is 88.2 Å². The Balaban J connectivity index is 1.83. The number of benzene rings is 1. The molecule has 0 radical (unpaired) electrons. The lowest BCUT2D eigenvalue weighted by Crippen LogP contribution is -2.39. The van der Waals surface area contributed by atoms with Crippen LogP contribution in [0.3, 0.4) is 0 Å². The number of carbonyl (C=O) groups excluding carboxylic acids is 1. The number of hydroxylamine groups is 2. The highest BCUT2D eigenvalue weighted by atomic mass is 16.6. The number of rotatable bonds is 4. The van der Waals surface area contributed by atoms with E-state index in [0.717, 1.165) is 5.56 Å². The van der Waals surface area contributed by atoms with E-state index in [0.29, 0.717) is 23.8 Å². The van der Waals surface area contributed by atoms with Crippen LogP contribution in [0, 0.1) is 0 Å². The molecular weight excluding hydrogens is 246 g/mol. The number of primary amides is 1. The second-order valence-corrected chi connectivity index (χ2v) is 4.16. The molecule has 2 amide bonds. The Morgan fingerprint density at radius 2 is 2.21 bits per heavy atom. The summed E-state index contributed by atoms with van der Waals surface area (Å²) in [5.41, 5.74) is 6.64. The second-order valence-electron chi connectivity index (χ2n) is 4.16. The van der Waals surface area contributed by atoms with Gasteiger partial charge in [0.25, 0.3) is 0 Å². The average molecular weight is 261 g/mol. The molecule has 0 saturated heterocycles. The third kappa shape index (κ3) is 3.56. The predicted octanol–water partition coefficient (Wildman–Crippen LogP) is 1.66. The minimum absolute atomic E-state index is 0.376. The third-order valence-corrected chi connectivity index (χ3v) is 2.72. The van der Waals surface area contributed by atoms with Crippen LogP contribution < -0.4 is 5.73 Å². The minimum atomic E-state index is -0.888. The smallest absolute Gasteiger partial charge is 0.339 e. The van der Waals surface area contributed by atoms with Crippen LogP contribution in [-0.4, -0.2) is 28.1 Å². The molecule has 1 atom stereocenters. The maximum absolute atomic E-state index is 10.8. The van der Waals surface area contributed by atoms with Gasteiger partial charge in [0.1, 0.15) is 6.61 Å². The van der Waals surface area contributed by atoms with Crippen molar-refractivity contribution in [3.63, 3.8) is 0 Å². The molecule has 1 aromatic carbocycles. The summed E-state index contributed by atoms with van der Waals surface area (Å²) in [5, 5.41) is 13.8.